The minimum absolute atomic E-state index is 0.0572. The third kappa shape index (κ3) is 6.82. The van der Waals surface area contributed by atoms with Crippen molar-refractivity contribution in [1.29, 1.82) is 0 Å². The summed E-state index contributed by atoms with van der Waals surface area (Å²) in [7, 11) is 1.70. The third-order valence-corrected chi connectivity index (χ3v) is 2.45. The van der Waals surface area contributed by atoms with Gasteiger partial charge in [-0.3, -0.25) is 9.79 Å². The Bertz CT molecular complexity index is 413. The fourth-order valence-electron chi connectivity index (χ4n) is 1.57. The largest absolute Gasteiger partial charge is 0.467 e. The molecule has 0 fully saturated rings. The fourth-order valence-corrected chi connectivity index (χ4v) is 1.57. The summed E-state index contributed by atoms with van der Waals surface area (Å²) < 4.78 is 10.3. The van der Waals surface area contributed by atoms with Crippen LogP contribution in [0.25, 0.3) is 0 Å². The molecule has 0 unspecified atom stereocenters. The number of carbonyl (C=O) groups excluding carboxylic acids is 1. The zero-order chi connectivity index (χ0) is 14.8. The maximum Gasteiger partial charge on any atom is 0.306 e. The van der Waals surface area contributed by atoms with E-state index in [1.54, 1.807) is 13.3 Å². The van der Waals surface area contributed by atoms with Crippen molar-refractivity contribution in [2.24, 2.45) is 4.99 Å². The molecule has 0 aliphatic carbocycles. The summed E-state index contributed by atoms with van der Waals surface area (Å²) >= 11 is 0. The van der Waals surface area contributed by atoms with Crippen molar-refractivity contribution >= 4 is 11.9 Å². The van der Waals surface area contributed by atoms with Crippen LogP contribution in [0.3, 0.4) is 0 Å². The van der Waals surface area contributed by atoms with E-state index >= 15 is 0 Å². The average molecular weight is 281 g/mol. The zero-order valence-corrected chi connectivity index (χ0v) is 12.3. The van der Waals surface area contributed by atoms with Crippen LogP contribution in [0.5, 0.6) is 0 Å². The molecular weight excluding hydrogens is 258 g/mol. The van der Waals surface area contributed by atoms with E-state index in [0.29, 0.717) is 31.9 Å². The van der Waals surface area contributed by atoms with Gasteiger partial charge in [-0.2, -0.15) is 0 Å². The van der Waals surface area contributed by atoms with Crippen LogP contribution in [0.2, 0.25) is 0 Å². The van der Waals surface area contributed by atoms with Gasteiger partial charge < -0.3 is 19.8 Å². The average Bonchev–Trinajstić information content (AvgIpc) is 2.90. The highest BCUT2D eigenvalue weighted by Gasteiger charge is 2.05. The molecule has 20 heavy (non-hydrogen) atoms. The van der Waals surface area contributed by atoms with Gasteiger partial charge in [0.25, 0.3) is 0 Å². The third-order valence-electron chi connectivity index (χ3n) is 2.45. The molecule has 0 radical (unpaired) electrons. The number of nitrogens with zero attached hydrogens (tertiary/aromatic N) is 1. The van der Waals surface area contributed by atoms with Crippen molar-refractivity contribution in [3.63, 3.8) is 0 Å². The van der Waals surface area contributed by atoms with Gasteiger partial charge in [0, 0.05) is 20.0 Å². The standard InChI is InChI=1S/C14H23N3O3/c1-11(2)20-13(18)7-4-8-16-14(15-3)17-10-12-6-5-9-19-12/h5-6,9,11H,4,7-8,10H2,1-3H3,(H2,15,16,17). The van der Waals surface area contributed by atoms with Crippen LogP contribution in [-0.2, 0) is 16.1 Å². The first-order valence-corrected chi connectivity index (χ1v) is 6.78. The number of hydrogen-bond acceptors (Lipinski definition) is 4. The Kier molecular flexibility index (Phi) is 7.24. The van der Waals surface area contributed by atoms with Crippen molar-refractivity contribution in [3.8, 4) is 0 Å². The summed E-state index contributed by atoms with van der Waals surface area (Å²) in [5.41, 5.74) is 0. The molecule has 112 valence electrons. The summed E-state index contributed by atoms with van der Waals surface area (Å²) in [5, 5.41) is 6.25. The van der Waals surface area contributed by atoms with Gasteiger partial charge in [-0.05, 0) is 32.4 Å². The lowest BCUT2D eigenvalue weighted by molar-refractivity contribution is -0.147. The molecule has 1 rings (SSSR count). The quantitative estimate of drug-likeness (QED) is 0.344. The number of guanidine groups is 1. The van der Waals surface area contributed by atoms with E-state index < -0.39 is 0 Å². The zero-order valence-electron chi connectivity index (χ0n) is 12.3. The minimum atomic E-state index is -0.166. The molecule has 6 nitrogen and oxygen atoms in total. The van der Waals surface area contributed by atoms with E-state index in [2.05, 4.69) is 15.6 Å². The lowest BCUT2D eigenvalue weighted by Gasteiger charge is -2.11. The second kappa shape index (κ2) is 9.01. The second-order valence-corrected chi connectivity index (χ2v) is 4.57. The van der Waals surface area contributed by atoms with E-state index in [9.17, 15) is 4.79 Å². The van der Waals surface area contributed by atoms with Crippen molar-refractivity contribution in [2.45, 2.75) is 39.3 Å². The lowest BCUT2D eigenvalue weighted by atomic mass is 10.3. The van der Waals surface area contributed by atoms with E-state index in [1.807, 2.05) is 26.0 Å². The predicted octanol–water partition coefficient (Wildman–Crippen LogP) is 1.68. The summed E-state index contributed by atoms with van der Waals surface area (Å²) in [6.45, 7) is 4.92. The molecule has 0 spiro atoms. The number of carbonyl (C=O) groups is 1. The summed E-state index contributed by atoms with van der Waals surface area (Å²) in [6.07, 6.45) is 2.68. The fraction of sp³-hybridized carbons (Fsp3) is 0.571. The molecule has 0 aromatic carbocycles. The van der Waals surface area contributed by atoms with Gasteiger partial charge in [0.2, 0.25) is 0 Å². The van der Waals surface area contributed by atoms with Gasteiger partial charge in [-0.1, -0.05) is 0 Å². The number of ether oxygens (including phenoxy) is 1. The van der Waals surface area contributed by atoms with Gasteiger partial charge >= 0.3 is 5.97 Å². The first-order valence-electron chi connectivity index (χ1n) is 6.78. The highest BCUT2D eigenvalue weighted by Crippen LogP contribution is 1.98. The van der Waals surface area contributed by atoms with Crippen LogP contribution in [0, 0.1) is 0 Å². The first kappa shape index (κ1) is 16.1. The number of rotatable bonds is 7. The number of nitrogens with one attached hydrogen (secondary N) is 2. The molecule has 0 aliphatic heterocycles. The van der Waals surface area contributed by atoms with E-state index in [1.165, 1.54) is 0 Å². The maximum atomic E-state index is 11.3. The van der Waals surface area contributed by atoms with E-state index in [4.69, 9.17) is 9.15 Å². The van der Waals surface area contributed by atoms with E-state index in [0.717, 1.165) is 5.76 Å². The van der Waals surface area contributed by atoms with Gasteiger partial charge in [0.05, 0.1) is 18.9 Å². The summed E-state index contributed by atoms with van der Waals surface area (Å²) in [4.78, 5) is 15.4. The van der Waals surface area contributed by atoms with Crippen LogP contribution in [-0.4, -0.2) is 31.6 Å². The highest BCUT2D eigenvalue weighted by molar-refractivity contribution is 5.79. The Morgan fingerprint density at radius 1 is 1.45 bits per heavy atom. The molecule has 0 bridgehead atoms. The van der Waals surface area contributed by atoms with Crippen LogP contribution >= 0.6 is 0 Å². The molecule has 1 aromatic rings. The number of aliphatic imine (C=N–C) groups is 1. The Morgan fingerprint density at radius 3 is 2.85 bits per heavy atom. The van der Waals surface area contributed by atoms with Gasteiger partial charge in [-0.15, -0.1) is 0 Å². The Morgan fingerprint density at radius 2 is 2.25 bits per heavy atom. The number of hydrogen-bond donors (Lipinski definition) is 2. The van der Waals surface area contributed by atoms with Gasteiger partial charge in [0.15, 0.2) is 5.96 Å². The number of esters is 1. The first-order chi connectivity index (χ1) is 9.61. The molecule has 0 saturated heterocycles. The Hall–Kier alpha value is -1.98. The normalized spacial score (nSPS) is 11.5. The smallest absolute Gasteiger partial charge is 0.306 e. The summed E-state index contributed by atoms with van der Waals surface area (Å²) in [5.74, 6) is 1.35. The summed E-state index contributed by atoms with van der Waals surface area (Å²) in [6, 6.07) is 3.73. The topological polar surface area (TPSA) is 75.9 Å². The van der Waals surface area contributed by atoms with Crippen molar-refractivity contribution in [3.05, 3.63) is 24.2 Å². The number of furan rings is 1. The SMILES string of the molecule is CN=C(NCCCC(=O)OC(C)C)NCc1ccco1. The Labute approximate surface area is 119 Å². The predicted molar refractivity (Wildman–Crippen MR) is 77.4 cm³/mol. The maximum absolute atomic E-state index is 11.3. The van der Waals surface area contributed by atoms with Crippen LogP contribution in [0.15, 0.2) is 27.8 Å². The van der Waals surface area contributed by atoms with Crippen LogP contribution in [0.4, 0.5) is 0 Å². The molecule has 6 heteroatoms. The van der Waals surface area contributed by atoms with E-state index in [-0.39, 0.29) is 12.1 Å². The van der Waals surface area contributed by atoms with Crippen molar-refractivity contribution in [2.75, 3.05) is 13.6 Å². The molecule has 0 aliphatic rings. The van der Waals surface area contributed by atoms with Crippen molar-refractivity contribution in [1.82, 2.24) is 10.6 Å². The molecule has 0 atom stereocenters. The minimum Gasteiger partial charge on any atom is -0.467 e. The molecule has 1 heterocycles. The molecule has 2 N–H and O–H groups in total. The van der Waals surface area contributed by atoms with Gasteiger partial charge in [-0.25, -0.2) is 0 Å². The second-order valence-electron chi connectivity index (χ2n) is 4.57. The molecule has 1 aromatic heterocycles. The molecule has 0 amide bonds. The molecular formula is C14H23N3O3. The monoisotopic (exact) mass is 281 g/mol. The van der Waals surface area contributed by atoms with Gasteiger partial charge in [0.1, 0.15) is 5.76 Å². The van der Waals surface area contributed by atoms with Crippen LogP contribution in [0.1, 0.15) is 32.4 Å². The van der Waals surface area contributed by atoms with Crippen LogP contribution < -0.4 is 10.6 Å². The lowest BCUT2D eigenvalue weighted by Crippen LogP contribution is -2.37. The Balaban J connectivity index is 2.14. The molecule has 0 saturated carbocycles. The highest BCUT2D eigenvalue weighted by atomic mass is 16.5. The van der Waals surface area contributed by atoms with Crippen molar-refractivity contribution < 1.29 is 13.9 Å².